The highest BCUT2D eigenvalue weighted by molar-refractivity contribution is 6.00. The van der Waals surface area contributed by atoms with Crippen LogP contribution in [0.3, 0.4) is 0 Å². The van der Waals surface area contributed by atoms with Gasteiger partial charge in [-0.1, -0.05) is 0 Å². The van der Waals surface area contributed by atoms with Crippen molar-refractivity contribution < 1.29 is 19.0 Å². The Kier molecular flexibility index (Phi) is 3.75. The van der Waals surface area contributed by atoms with Crippen LogP contribution in [0.5, 0.6) is 17.2 Å². The lowest BCUT2D eigenvalue weighted by Gasteiger charge is -2.18. The predicted molar refractivity (Wildman–Crippen MR) is 67.8 cm³/mol. The summed E-state index contributed by atoms with van der Waals surface area (Å²) in [5, 5.41) is 0. The Morgan fingerprint density at radius 1 is 1.33 bits per heavy atom. The number of ether oxygens (including phenoxy) is 3. The molecule has 0 fully saturated rings. The molecule has 1 aromatic carbocycles. The van der Waals surface area contributed by atoms with E-state index in [1.165, 1.54) is 0 Å². The van der Waals surface area contributed by atoms with Gasteiger partial charge in [0.2, 0.25) is 5.75 Å². The maximum atomic E-state index is 12.0. The van der Waals surface area contributed by atoms with Crippen molar-refractivity contribution in [1.29, 1.82) is 0 Å². The van der Waals surface area contributed by atoms with Gasteiger partial charge in [-0.15, -0.1) is 0 Å². The van der Waals surface area contributed by atoms with E-state index in [9.17, 15) is 4.79 Å². The Morgan fingerprint density at radius 3 is 2.78 bits per heavy atom. The van der Waals surface area contributed by atoms with Crippen molar-refractivity contribution in [2.45, 2.75) is 32.8 Å². The van der Waals surface area contributed by atoms with Crippen molar-refractivity contribution >= 4 is 5.78 Å². The Bertz CT molecular complexity index is 451. The molecule has 0 aromatic heterocycles. The van der Waals surface area contributed by atoms with Gasteiger partial charge in [-0.05, 0) is 32.4 Å². The summed E-state index contributed by atoms with van der Waals surface area (Å²) in [7, 11) is 1.58. The third-order valence-electron chi connectivity index (χ3n) is 2.74. The summed E-state index contributed by atoms with van der Waals surface area (Å²) in [6.07, 6.45) is 1.24. The van der Waals surface area contributed by atoms with Crippen LogP contribution in [0.15, 0.2) is 12.1 Å². The predicted octanol–water partition coefficient (Wildman–Crippen LogP) is 2.84. The van der Waals surface area contributed by atoms with E-state index in [4.69, 9.17) is 14.2 Å². The van der Waals surface area contributed by atoms with Crippen molar-refractivity contribution in [3.05, 3.63) is 17.7 Å². The number of hydrogen-bond donors (Lipinski definition) is 0. The molecule has 0 atom stereocenters. The van der Waals surface area contributed by atoms with Crippen molar-refractivity contribution in [2.24, 2.45) is 0 Å². The van der Waals surface area contributed by atoms with Crippen LogP contribution < -0.4 is 14.2 Å². The van der Waals surface area contributed by atoms with Crippen molar-refractivity contribution in [3.8, 4) is 17.2 Å². The fraction of sp³-hybridized carbons (Fsp3) is 0.500. The summed E-state index contributed by atoms with van der Waals surface area (Å²) in [6, 6.07) is 3.50. The fourth-order valence-corrected chi connectivity index (χ4v) is 1.96. The third-order valence-corrected chi connectivity index (χ3v) is 2.74. The van der Waals surface area contributed by atoms with Crippen molar-refractivity contribution in [3.63, 3.8) is 0 Å². The molecule has 0 saturated heterocycles. The molecule has 0 spiro atoms. The molecule has 0 aliphatic carbocycles. The molecule has 0 unspecified atom stereocenters. The van der Waals surface area contributed by atoms with Gasteiger partial charge in [0.15, 0.2) is 17.3 Å². The number of fused-ring (bicyclic) bond motifs is 1. The Balaban J connectivity index is 2.52. The third kappa shape index (κ3) is 2.42. The van der Waals surface area contributed by atoms with Gasteiger partial charge in [-0.3, -0.25) is 4.79 Å². The number of Topliss-reactive ketones (excluding diaryl/α,β-unsaturated/α-hetero) is 1. The van der Waals surface area contributed by atoms with E-state index in [0.717, 1.165) is 6.42 Å². The number of benzene rings is 1. The Hall–Kier alpha value is -1.71. The zero-order valence-electron chi connectivity index (χ0n) is 11.0. The van der Waals surface area contributed by atoms with Crippen LogP contribution in [-0.4, -0.2) is 25.6 Å². The maximum Gasteiger partial charge on any atom is 0.204 e. The van der Waals surface area contributed by atoms with E-state index in [2.05, 4.69) is 0 Å². The minimum absolute atomic E-state index is 0.00708. The highest BCUT2D eigenvalue weighted by Gasteiger charge is 2.24. The Labute approximate surface area is 107 Å². The molecule has 0 bridgehead atoms. The number of ketones is 1. The molecule has 1 aromatic rings. The molecule has 0 amide bonds. The SMILES string of the molecule is COc1ccc2c(c1OC(C)C)OCCCC2=O. The lowest BCUT2D eigenvalue weighted by atomic mass is 10.1. The standard InChI is InChI=1S/C14H18O4/c1-9(2)18-14-12(16-3)7-6-10-11(15)5-4-8-17-13(10)14/h6-7,9H,4-5,8H2,1-3H3. The summed E-state index contributed by atoms with van der Waals surface area (Å²) >= 11 is 0. The zero-order chi connectivity index (χ0) is 13.1. The van der Waals surface area contributed by atoms with E-state index in [-0.39, 0.29) is 11.9 Å². The molecule has 1 heterocycles. The minimum atomic E-state index is -0.00708. The summed E-state index contributed by atoms with van der Waals surface area (Å²) in [5.74, 6) is 1.74. The topological polar surface area (TPSA) is 44.8 Å². The molecule has 0 saturated carbocycles. The van der Waals surface area contributed by atoms with Crippen LogP contribution in [0.2, 0.25) is 0 Å². The molecule has 4 heteroatoms. The van der Waals surface area contributed by atoms with Crippen LogP contribution >= 0.6 is 0 Å². The van der Waals surface area contributed by atoms with Crippen LogP contribution in [-0.2, 0) is 0 Å². The minimum Gasteiger partial charge on any atom is -0.493 e. The van der Waals surface area contributed by atoms with Gasteiger partial charge in [0, 0.05) is 6.42 Å². The fourth-order valence-electron chi connectivity index (χ4n) is 1.96. The first-order valence-electron chi connectivity index (χ1n) is 6.17. The largest absolute Gasteiger partial charge is 0.493 e. The molecular formula is C14H18O4. The summed E-state index contributed by atoms with van der Waals surface area (Å²) in [6.45, 7) is 4.38. The number of rotatable bonds is 3. The molecular weight excluding hydrogens is 232 g/mol. The first-order valence-corrected chi connectivity index (χ1v) is 6.17. The van der Waals surface area contributed by atoms with Crippen LogP contribution in [0.4, 0.5) is 0 Å². The van der Waals surface area contributed by atoms with Gasteiger partial charge < -0.3 is 14.2 Å². The molecule has 1 aliphatic rings. The molecule has 4 nitrogen and oxygen atoms in total. The first-order chi connectivity index (χ1) is 8.63. The van der Waals surface area contributed by atoms with E-state index in [1.54, 1.807) is 19.2 Å². The van der Waals surface area contributed by atoms with Crippen LogP contribution in [0.1, 0.15) is 37.0 Å². The Morgan fingerprint density at radius 2 is 2.11 bits per heavy atom. The highest BCUT2D eigenvalue weighted by atomic mass is 16.5. The van der Waals surface area contributed by atoms with Crippen LogP contribution in [0.25, 0.3) is 0 Å². The normalized spacial score (nSPS) is 14.8. The molecule has 98 valence electrons. The second-order valence-electron chi connectivity index (χ2n) is 4.52. The van der Waals surface area contributed by atoms with Gasteiger partial charge in [0.05, 0.1) is 25.4 Å². The quantitative estimate of drug-likeness (QED) is 0.827. The van der Waals surface area contributed by atoms with E-state index < -0.39 is 0 Å². The lowest BCUT2D eigenvalue weighted by molar-refractivity contribution is 0.0982. The monoisotopic (exact) mass is 250 g/mol. The zero-order valence-corrected chi connectivity index (χ0v) is 11.0. The molecule has 0 radical (unpaired) electrons. The summed E-state index contributed by atoms with van der Waals surface area (Å²) in [5.41, 5.74) is 0.587. The highest BCUT2D eigenvalue weighted by Crippen LogP contribution is 2.42. The second-order valence-corrected chi connectivity index (χ2v) is 4.52. The van der Waals surface area contributed by atoms with Gasteiger partial charge in [0.25, 0.3) is 0 Å². The van der Waals surface area contributed by atoms with Gasteiger partial charge in [-0.2, -0.15) is 0 Å². The van der Waals surface area contributed by atoms with E-state index >= 15 is 0 Å². The summed E-state index contributed by atoms with van der Waals surface area (Å²) in [4.78, 5) is 12.0. The van der Waals surface area contributed by atoms with Gasteiger partial charge >= 0.3 is 0 Å². The van der Waals surface area contributed by atoms with Crippen molar-refractivity contribution in [2.75, 3.05) is 13.7 Å². The van der Waals surface area contributed by atoms with E-state index in [0.29, 0.717) is 35.8 Å². The average Bonchev–Trinajstić information content (AvgIpc) is 2.52. The van der Waals surface area contributed by atoms with Crippen molar-refractivity contribution in [1.82, 2.24) is 0 Å². The van der Waals surface area contributed by atoms with E-state index in [1.807, 2.05) is 13.8 Å². The summed E-state index contributed by atoms with van der Waals surface area (Å²) < 4.78 is 16.7. The molecule has 18 heavy (non-hydrogen) atoms. The smallest absolute Gasteiger partial charge is 0.204 e. The lowest BCUT2D eigenvalue weighted by Crippen LogP contribution is -2.10. The molecule has 2 rings (SSSR count). The van der Waals surface area contributed by atoms with Gasteiger partial charge in [0.1, 0.15) is 0 Å². The first kappa shape index (κ1) is 12.7. The van der Waals surface area contributed by atoms with Crippen LogP contribution in [0, 0.1) is 0 Å². The maximum absolute atomic E-state index is 12.0. The second kappa shape index (κ2) is 5.29. The molecule has 1 aliphatic heterocycles. The van der Waals surface area contributed by atoms with Gasteiger partial charge in [-0.25, -0.2) is 0 Å². The number of carbonyl (C=O) groups excluding carboxylic acids is 1. The number of hydrogen-bond acceptors (Lipinski definition) is 4. The molecule has 0 N–H and O–H groups in total. The number of methoxy groups -OCH3 is 1. The average molecular weight is 250 g/mol. The number of carbonyl (C=O) groups is 1.